The summed E-state index contributed by atoms with van der Waals surface area (Å²) in [5.74, 6) is -0.00235. The molecule has 7 nitrogen and oxygen atoms in total. The summed E-state index contributed by atoms with van der Waals surface area (Å²) in [6.07, 6.45) is 0. The maximum absolute atomic E-state index is 13.2. The molecule has 2 aliphatic rings. The highest BCUT2D eigenvalue weighted by molar-refractivity contribution is 6.51. The lowest BCUT2D eigenvalue weighted by molar-refractivity contribution is -0.132. The molecule has 1 saturated heterocycles. The van der Waals surface area contributed by atoms with Crippen LogP contribution in [0.3, 0.4) is 0 Å². The number of carbonyl (C=O) groups excluding carboxylic acids is 2. The van der Waals surface area contributed by atoms with E-state index in [0.717, 1.165) is 5.56 Å². The van der Waals surface area contributed by atoms with E-state index in [0.29, 0.717) is 34.1 Å². The molecule has 1 fully saturated rings. The maximum atomic E-state index is 13.2. The molecule has 1 amide bonds. The number of benzene rings is 3. The molecule has 2 heterocycles. The second-order valence-electron chi connectivity index (χ2n) is 7.80. The van der Waals surface area contributed by atoms with Gasteiger partial charge in [0.05, 0.1) is 18.7 Å². The Kier molecular flexibility index (Phi) is 5.01. The van der Waals surface area contributed by atoms with Crippen LogP contribution in [0.2, 0.25) is 0 Å². The predicted molar refractivity (Wildman–Crippen MR) is 122 cm³/mol. The van der Waals surface area contributed by atoms with Crippen molar-refractivity contribution in [2.75, 3.05) is 18.8 Å². The molecule has 7 heteroatoms. The Hall–Kier alpha value is -4.26. The van der Waals surface area contributed by atoms with Crippen LogP contribution >= 0.6 is 0 Å². The number of hydrogen-bond donors (Lipinski definition) is 1. The Morgan fingerprint density at radius 2 is 1.76 bits per heavy atom. The highest BCUT2D eigenvalue weighted by atomic mass is 16.7. The Labute approximate surface area is 190 Å². The second-order valence-corrected chi connectivity index (χ2v) is 7.80. The number of ether oxygens (including phenoxy) is 3. The van der Waals surface area contributed by atoms with Gasteiger partial charge in [-0.05, 0) is 48.4 Å². The number of aliphatic hydroxyl groups excluding tert-OH is 1. The van der Waals surface area contributed by atoms with Gasteiger partial charge in [0.1, 0.15) is 11.5 Å². The average Bonchev–Trinajstić information content (AvgIpc) is 3.41. The molecule has 0 spiro atoms. The van der Waals surface area contributed by atoms with Crippen LogP contribution in [0, 0.1) is 6.92 Å². The van der Waals surface area contributed by atoms with E-state index in [1.54, 1.807) is 43.5 Å². The molecule has 0 aromatic heterocycles. The van der Waals surface area contributed by atoms with Crippen molar-refractivity contribution >= 4 is 23.1 Å². The van der Waals surface area contributed by atoms with E-state index in [4.69, 9.17) is 14.2 Å². The summed E-state index contributed by atoms with van der Waals surface area (Å²) in [4.78, 5) is 27.9. The Morgan fingerprint density at radius 1 is 1.00 bits per heavy atom. The van der Waals surface area contributed by atoms with Gasteiger partial charge in [-0.1, -0.05) is 30.3 Å². The fraction of sp³-hybridized carbons (Fsp3) is 0.154. The van der Waals surface area contributed by atoms with E-state index in [1.165, 1.54) is 4.90 Å². The number of aliphatic hydroxyl groups is 1. The van der Waals surface area contributed by atoms with Crippen molar-refractivity contribution < 1.29 is 28.9 Å². The molecule has 3 aromatic carbocycles. The normalized spacial score (nSPS) is 18.6. The minimum absolute atomic E-state index is 0.0217. The zero-order valence-corrected chi connectivity index (χ0v) is 18.1. The number of Topliss-reactive ketones (excluding diaryl/α,β-unsaturated/α-hetero) is 1. The van der Waals surface area contributed by atoms with E-state index < -0.39 is 17.7 Å². The van der Waals surface area contributed by atoms with Crippen molar-refractivity contribution in [2.24, 2.45) is 0 Å². The lowest BCUT2D eigenvalue weighted by Crippen LogP contribution is -2.29. The lowest BCUT2D eigenvalue weighted by Gasteiger charge is -2.25. The Balaban J connectivity index is 1.69. The topological polar surface area (TPSA) is 85.3 Å². The standard InChI is InChI=1S/C26H21NO6/c1-15-12-17(8-10-19(15)31-2)24(28)22-23(16-6-4-3-5-7-16)27(26(30)25(22)29)18-9-11-20-21(13-18)33-14-32-20/h3-13,23,28H,14H2,1-2H3/b24-22+. The first-order chi connectivity index (χ1) is 16.0. The van der Waals surface area contributed by atoms with Crippen molar-refractivity contribution in [3.8, 4) is 17.2 Å². The van der Waals surface area contributed by atoms with Crippen molar-refractivity contribution in [3.05, 3.63) is 89.0 Å². The Bertz CT molecular complexity index is 1300. The molecule has 166 valence electrons. The summed E-state index contributed by atoms with van der Waals surface area (Å²) in [6.45, 7) is 1.94. The van der Waals surface area contributed by atoms with Crippen molar-refractivity contribution in [2.45, 2.75) is 13.0 Å². The van der Waals surface area contributed by atoms with Crippen LogP contribution in [0.15, 0.2) is 72.3 Å². The van der Waals surface area contributed by atoms with Crippen LogP contribution in [0.4, 0.5) is 5.69 Å². The van der Waals surface area contributed by atoms with Crippen molar-refractivity contribution in [1.29, 1.82) is 0 Å². The molecule has 2 aliphatic heterocycles. The van der Waals surface area contributed by atoms with Crippen LogP contribution in [0.5, 0.6) is 17.2 Å². The molecular weight excluding hydrogens is 422 g/mol. The number of rotatable bonds is 4. The van der Waals surface area contributed by atoms with Gasteiger partial charge in [0.15, 0.2) is 11.5 Å². The third-order valence-electron chi connectivity index (χ3n) is 5.86. The van der Waals surface area contributed by atoms with Gasteiger partial charge >= 0.3 is 0 Å². The fourth-order valence-corrected chi connectivity index (χ4v) is 4.27. The van der Waals surface area contributed by atoms with Crippen LogP contribution in [0.25, 0.3) is 5.76 Å². The van der Waals surface area contributed by atoms with Crippen LogP contribution in [-0.4, -0.2) is 30.7 Å². The van der Waals surface area contributed by atoms with Gasteiger partial charge in [0, 0.05) is 17.3 Å². The lowest BCUT2D eigenvalue weighted by atomic mass is 9.94. The summed E-state index contributed by atoms with van der Waals surface area (Å²) >= 11 is 0. The van der Waals surface area contributed by atoms with E-state index in [1.807, 2.05) is 37.3 Å². The first-order valence-corrected chi connectivity index (χ1v) is 10.4. The third kappa shape index (κ3) is 3.38. The SMILES string of the molecule is COc1ccc(/C(O)=C2\C(=O)C(=O)N(c3ccc4c(c3)OCO4)C2c2ccccc2)cc1C. The number of amides is 1. The number of nitrogens with zero attached hydrogens (tertiary/aromatic N) is 1. The molecule has 33 heavy (non-hydrogen) atoms. The molecule has 3 aromatic rings. The third-order valence-corrected chi connectivity index (χ3v) is 5.86. The van der Waals surface area contributed by atoms with Gasteiger partial charge in [-0.25, -0.2) is 0 Å². The molecule has 0 saturated carbocycles. The monoisotopic (exact) mass is 443 g/mol. The maximum Gasteiger partial charge on any atom is 0.300 e. The number of fused-ring (bicyclic) bond motifs is 1. The minimum atomic E-state index is -0.811. The quantitative estimate of drug-likeness (QED) is 0.366. The van der Waals surface area contributed by atoms with Gasteiger partial charge in [0.2, 0.25) is 6.79 Å². The summed E-state index contributed by atoms with van der Waals surface area (Å²) in [5, 5.41) is 11.2. The van der Waals surface area contributed by atoms with Gasteiger partial charge in [-0.15, -0.1) is 0 Å². The molecule has 1 N–H and O–H groups in total. The van der Waals surface area contributed by atoms with Gasteiger partial charge in [-0.2, -0.15) is 0 Å². The summed E-state index contributed by atoms with van der Waals surface area (Å²) in [6, 6.07) is 18.5. The number of methoxy groups -OCH3 is 1. The number of hydrogen-bond acceptors (Lipinski definition) is 6. The fourth-order valence-electron chi connectivity index (χ4n) is 4.27. The molecule has 1 unspecified atom stereocenters. The van der Waals surface area contributed by atoms with Crippen LogP contribution in [0.1, 0.15) is 22.7 Å². The minimum Gasteiger partial charge on any atom is -0.507 e. The highest BCUT2D eigenvalue weighted by Crippen LogP contribution is 2.45. The smallest absolute Gasteiger partial charge is 0.300 e. The number of aryl methyl sites for hydroxylation is 1. The largest absolute Gasteiger partial charge is 0.507 e. The first kappa shape index (κ1) is 20.6. The van der Waals surface area contributed by atoms with Crippen molar-refractivity contribution in [3.63, 3.8) is 0 Å². The zero-order chi connectivity index (χ0) is 23.1. The van der Waals surface area contributed by atoms with Crippen molar-refractivity contribution in [1.82, 2.24) is 0 Å². The summed E-state index contributed by atoms with van der Waals surface area (Å²) < 4.78 is 16.1. The van der Waals surface area contributed by atoms with E-state index in [9.17, 15) is 14.7 Å². The van der Waals surface area contributed by atoms with E-state index >= 15 is 0 Å². The number of ketones is 1. The molecule has 1 atom stereocenters. The average molecular weight is 443 g/mol. The molecule has 0 bridgehead atoms. The van der Waals surface area contributed by atoms with E-state index in [-0.39, 0.29) is 18.1 Å². The summed E-state index contributed by atoms with van der Waals surface area (Å²) in [7, 11) is 1.56. The van der Waals surface area contributed by atoms with Gasteiger partial charge in [-0.3, -0.25) is 14.5 Å². The molecular formula is C26H21NO6. The molecule has 0 radical (unpaired) electrons. The highest BCUT2D eigenvalue weighted by Gasteiger charge is 2.47. The number of carbonyl (C=O) groups is 2. The van der Waals surface area contributed by atoms with E-state index in [2.05, 4.69) is 0 Å². The second kappa shape index (κ2) is 8.02. The molecule has 0 aliphatic carbocycles. The summed E-state index contributed by atoms with van der Waals surface area (Å²) in [5.41, 5.74) is 2.41. The van der Waals surface area contributed by atoms with Gasteiger partial charge < -0.3 is 19.3 Å². The van der Waals surface area contributed by atoms with Crippen LogP contribution in [-0.2, 0) is 9.59 Å². The van der Waals surface area contributed by atoms with Crippen LogP contribution < -0.4 is 19.1 Å². The number of anilines is 1. The zero-order valence-electron chi connectivity index (χ0n) is 18.1. The Morgan fingerprint density at radius 3 is 2.48 bits per heavy atom. The van der Waals surface area contributed by atoms with Gasteiger partial charge in [0.25, 0.3) is 11.7 Å². The molecule has 5 rings (SSSR count). The predicted octanol–water partition coefficient (Wildman–Crippen LogP) is 4.36. The first-order valence-electron chi connectivity index (χ1n) is 10.4.